The first-order valence-corrected chi connectivity index (χ1v) is 6.39. The molecule has 0 bridgehead atoms. The van der Waals surface area contributed by atoms with Crippen molar-refractivity contribution in [3.8, 4) is 0 Å². The fraction of sp³-hybridized carbons (Fsp3) is 0.214. The van der Waals surface area contributed by atoms with Crippen LogP contribution in [0.5, 0.6) is 0 Å². The summed E-state index contributed by atoms with van der Waals surface area (Å²) in [7, 11) is 0. The van der Waals surface area contributed by atoms with Gasteiger partial charge in [-0.2, -0.15) is 9.97 Å². The zero-order valence-corrected chi connectivity index (χ0v) is 11.2. The number of hydrogen-bond acceptors (Lipinski definition) is 6. The Morgan fingerprint density at radius 2 is 1.90 bits per heavy atom. The topological polar surface area (TPSA) is 93.4 Å². The molecule has 20 heavy (non-hydrogen) atoms. The zero-order chi connectivity index (χ0) is 14.1. The zero-order valence-electron chi connectivity index (χ0n) is 11.2. The van der Waals surface area contributed by atoms with Gasteiger partial charge in [0.25, 0.3) is 0 Å². The van der Waals surface area contributed by atoms with Crippen LogP contribution in [0.25, 0.3) is 0 Å². The maximum atomic E-state index is 5.90. The van der Waals surface area contributed by atoms with Crippen molar-refractivity contribution in [2.45, 2.75) is 13.5 Å². The summed E-state index contributed by atoms with van der Waals surface area (Å²) in [5.41, 5.74) is 14.4. The van der Waals surface area contributed by atoms with Gasteiger partial charge in [-0.3, -0.25) is 0 Å². The second-order valence-corrected chi connectivity index (χ2v) is 4.83. The summed E-state index contributed by atoms with van der Waals surface area (Å²) >= 11 is 0. The Kier molecular flexibility index (Phi) is 2.98. The second-order valence-electron chi connectivity index (χ2n) is 4.83. The van der Waals surface area contributed by atoms with E-state index in [9.17, 15) is 0 Å². The number of rotatable bonds is 2. The van der Waals surface area contributed by atoms with Gasteiger partial charge in [0.1, 0.15) is 5.69 Å². The minimum absolute atomic E-state index is 0.175. The Labute approximate surface area is 117 Å². The van der Waals surface area contributed by atoms with Crippen LogP contribution in [-0.4, -0.2) is 22.2 Å². The minimum atomic E-state index is 0.175. The number of aromatic nitrogens is 2. The summed E-state index contributed by atoms with van der Waals surface area (Å²) in [6, 6.07) is 10.2. The lowest BCUT2D eigenvalue weighted by atomic mass is 10.2. The summed E-state index contributed by atoms with van der Waals surface area (Å²) < 4.78 is 0. The van der Waals surface area contributed by atoms with Crippen LogP contribution in [0.3, 0.4) is 0 Å². The van der Waals surface area contributed by atoms with E-state index in [4.69, 9.17) is 11.5 Å². The van der Waals surface area contributed by atoms with E-state index in [-0.39, 0.29) is 5.95 Å². The van der Waals surface area contributed by atoms with Crippen LogP contribution in [-0.2, 0) is 6.54 Å². The first-order chi connectivity index (χ1) is 9.63. The molecule has 0 spiro atoms. The first kappa shape index (κ1) is 12.4. The summed E-state index contributed by atoms with van der Waals surface area (Å²) in [6.45, 7) is 3.41. The van der Waals surface area contributed by atoms with Crippen molar-refractivity contribution in [3.05, 3.63) is 35.9 Å². The van der Waals surface area contributed by atoms with Gasteiger partial charge < -0.3 is 16.4 Å². The van der Waals surface area contributed by atoms with E-state index in [1.54, 1.807) is 0 Å². The highest BCUT2D eigenvalue weighted by Crippen LogP contribution is 2.35. The summed E-state index contributed by atoms with van der Waals surface area (Å²) in [5.74, 6) is 1.20. The van der Waals surface area contributed by atoms with Crippen LogP contribution in [0.4, 0.5) is 23.3 Å². The molecule has 0 fully saturated rings. The van der Waals surface area contributed by atoms with Crippen LogP contribution < -0.4 is 16.4 Å². The van der Waals surface area contributed by atoms with Crippen molar-refractivity contribution in [2.75, 3.05) is 22.9 Å². The molecule has 0 saturated heterocycles. The van der Waals surface area contributed by atoms with E-state index in [2.05, 4.69) is 32.0 Å². The summed E-state index contributed by atoms with van der Waals surface area (Å²) in [6.07, 6.45) is 0. The Morgan fingerprint density at radius 1 is 1.15 bits per heavy atom. The lowest BCUT2D eigenvalue weighted by molar-refractivity contribution is 0.847. The van der Waals surface area contributed by atoms with Gasteiger partial charge in [0.2, 0.25) is 5.95 Å². The maximum absolute atomic E-state index is 5.90. The van der Waals surface area contributed by atoms with E-state index in [1.807, 2.05) is 25.1 Å². The minimum Gasteiger partial charge on any atom is -0.382 e. The maximum Gasteiger partial charge on any atom is 0.224 e. The third-order valence-electron chi connectivity index (χ3n) is 3.15. The molecule has 0 saturated carbocycles. The largest absolute Gasteiger partial charge is 0.382 e. The smallest absolute Gasteiger partial charge is 0.224 e. The molecule has 1 aromatic carbocycles. The molecule has 2 heterocycles. The Morgan fingerprint density at radius 3 is 2.65 bits per heavy atom. The van der Waals surface area contributed by atoms with E-state index in [1.165, 1.54) is 5.56 Å². The monoisotopic (exact) mass is 268 g/mol. The number of nitrogens with two attached hydrogens (primary N) is 2. The van der Waals surface area contributed by atoms with Gasteiger partial charge in [-0.1, -0.05) is 30.3 Å². The lowest BCUT2D eigenvalue weighted by Crippen LogP contribution is -2.32. The van der Waals surface area contributed by atoms with Gasteiger partial charge in [-0.25, -0.2) is 4.99 Å². The number of nitrogen functional groups attached to an aromatic ring is 2. The molecule has 3 rings (SSSR count). The highest BCUT2D eigenvalue weighted by Gasteiger charge is 2.22. The van der Waals surface area contributed by atoms with E-state index in [0.29, 0.717) is 23.9 Å². The van der Waals surface area contributed by atoms with Crippen molar-refractivity contribution < 1.29 is 0 Å². The quantitative estimate of drug-likeness (QED) is 0.865. The Hall–Kier alpha value is -2.63. The SMILES string of the molecule is CC1=Nc2c(N)nc(N)nc2N(Cc2ccccc2)C1. The normalized spacial score (nSPS) is 13.8. The van der Waals surface area contributed by atoms with Crippen LogP contribution in [0.2, 0.25) is 0 Å². The van der Waals surface area contributed by atoms with Gasteiger partial charge in [-0.15, -0.1) is 0 Å². The molecule has 0 radical (unpaired) electrons. The molecule has 0 atom stereocenters. The fourth-order valence-corrected chi connectivity index (χ4v) is 2.32. The van der Waals surface area contributed by atoms with Crippen molar-refractivity contribution in [1.29, 1.82) is 0 Å². The molecule has 0 aliphatic carbocycles. The van der Waals surface area contributed by atoms with E-state index < -0.39 is 0 Å². The number of hydrogen-bond donors (Lipinski definition) is 2. The molecular formula is C14H16N6. The van der Waals surface area contributed by atoms with Crippen LogP contribution >= 0.6 is 0 Å². The van der Waals surface area contributed by atoms with Crippen molar-refractivity contribution in [3.63, 3.8) is 0 Å². The number of benzene rings is 1. The Bertz CT molecular complexity index is 665. The standard InChI is InChI=1S/C14H16N6/c1-9-7-20(8-10-5-3-2-4-6-10)13-11(17-9)12(15)18-14(16)19-13/h2-6H,7-8H2,1H3,(H4,15,16,18,19). The van der Waals surface area contributed by atoms with Crippen molar-refractivity contribution in [2.24, 2.45) is 4.99 Å². The average molecular weight is 268 g/mol. The highest BCUT2D eigenvalue weighted by molar-refractivity contribution is 5.95. The number of anilines is 3. The molecule has 2 aromatic rings. The van der Waals surface area contributed by atoms with Crippen molar-refractivity contribution in [1.82, 2.24) is 9.97 Å². The molecule has 1 aliphatic rings. The molecule has 0 unspecified atom stereocenters. The van der Waals surface area contributed by atoms with Crippen LogP contribution in [0.15, 0.2) is 35.3 Å². The van der Waals surface area contributed by atoms with Crippen molar-refractivity contribution >= 4 is 29.0 Å². The van der Waals surface area contributed by atoms with Gasteiger partial charge in [0.15, 0.2) is 11.6 Å². The van der Waals surface area contributed by atoms with Gasteiger partial charge >= 0.3 is 0 Å². The van der Waals surface area contributed by atoms with Crippen LogP contribution in [0.1, 0.15) is 12.5 Å². The predicted octanol–water partition coefficient (Wildman–Crippen LogP) is 1.75. The summed E-state index contributed by atoms with van der Waals surface area (Å²) in [4.78, 5) is 14.8. The molecular weight excluding hydrogens is 252 g/mol. The molecule has 102 valence electrons. The molecule has 0 amide bonds. The first-order valence-electron chi connectivity index (χ1n) is 6.39. The van der Waals surface area contributed by atoms with E-state index in [0.717, 1.165) is 12.3 Å². The molecule has 4 N–H and O–H groups in total. The molecule has 1 aromatic heterocycles. The van der Waals surface area contributed by atoms with Gasteiger partial charge in [0, 0.05) is 12.3 Å². The third kappa shape index (κ3) is 2.27. The number of aliphatic imine (C=N–C) groups is 1. The predicted molar refractivity (Wildman–Crippen MR) is 81.1 cm³/mol. The van der Waals surface area contributed by atoms with Gasteiger partial charge in [-0.05, 0) is 12.5 Å². The Balaban J connectivity index is 2.01. The molecule has 1 aliphatic heterocycles. The third-order valence-corrected chi connectivity index (χ3v) is 3.15. The fourth-order valence-electron chi connectivity index (χ4n) is 2.32. The van der Waals surface area contributed by atoms with Crippen LogP contribution in [0, 0.1) is 0 Å². The van der Waals surface area contributed by atoms with E-state index >= 15 is 0 Å². The summed E-state index contributed by atoms with van der Waals surface area (Å²) in [5, 5.41) is 0. The number of nitrogens with zero attached hydrogens (tertiary/aromatic N) is 4. The number of fused-ring (bicyclic) bond motifs is 1. The molecule has 6 heteroatoms. The molecule has 6 nitrogen and oxygen atoms in total. The lowest BCUT2D eigenvalue weighted by Gasteiger charge is -2.28. The highest BCUT2D eigenvalue weighted by atomic mass is 15.3. The van der Waals surface area contributed by atoms with Gasteiger partial charge in [0.05, 0.1) is 6.54 Å². The average Bonchev–Trinajstić information content (AvgIpc) is 2.41. The second kappa shape index (κ2) is 4.80.